The Morgan fingerprint density at radius 1 is 1.19 bits per heavy atom. The van der Waals surface area contributed by atoms with Crippen LogP contribution >= 0.6 is 0 Å². The van der Waals surface area contributed by atoms with E-state index >= 15 is 0 Å². The molecular formula is C16H19N3O2. The second-order valence-electron chi connectivity index (χ2n) is 4.53. The van der Waals surface area contributed by atoms with Crippen molar-refractivity contribution in [3.8, 4) is 0 Å². The second kappa shape index (κ2) is 8.01. The van der Waals surface area contributed by atoms with Gasteiger partial charge in [-0.25, -0.2) is 4.98 Å². The Morgan fingerprint density at radius 3 is 2.67 bits per heavy atom. The maximum atomic E-state index is 11.9. The molecule has 0 aliphatic carbocycles. The van der Waals surface area contributed by atoms with E-state index in [1.165, 1.54) is 0 Å². The number of nitrogens with one attached hydrogen (secondary N) is 2. The topological polar surface area (TPSA) is 63.2 Å². The maximum Gasteiger partial charge on any atom is 0.252 e. The fraction of sp³-hybridized carbons (Fsp3) is 0.250. The Labute approximate surface area is 124 Å². The number of hydrogen-bond acceptors (Lipinski definition) is 4. The van der Waals surface area contributed by atoms with E-state index < -0.39 is 0 Å². The molecule has 2 aromatic rings. The van der Waals surface area contributed by atoms with Crippen LogP contribution in [0.1, 0.15) is 16.8 Å². The number of rotatable bonds is 7. The molecule has 0 aliphatic rings. The van der Waals surface area contributed by atoms with Gasteiger partial charge in [0.25, 0.3) is 5.91 Å². The summed E-state index contributed by atoms with van der Waals surface area (Å²) in [6.45, 7) is 1.23. The minimum Gasteiger partial charge on any atom is -0.385 e. The summed E-state index contributed by atoms with van der Waals surface area (Å²) in [6.07, 6.45) is 2.36. The zero-order chi connectivity index (χ0) is 14.9. The van der Waals surface area contributed by atoms with Crippen LogP contribution in [0.3, 0.4) is 0 Å². The van der Waals surface area contributed by atoms with E-state index in [2.05, 4.69) is 15.6 Å². The summed E-state index contributed by atoms with van der Waals surface area (Å²) in [7, 11) is 1.64. The Kier molecular flexibility index (Phi) is 5.72. The highest BCUT2D eigenvalue weighted by Crippen LogP contribution is 2.13. The zero-order valence-electron chi connectivity index (χ0n) is 12.0. The average molecular weight is 285 g/mol. The summed E-state index contributed by atoms with van der Waals surface area (Å²) in [5, 5.41) is 5.99. The normalized spacial score (nSPS) is 10.1. The molecule has 5 nitrogen and oxygen atoms in total. The molecule has 0 saturated carbocycles. The highest BCUT2D eigenvalue weighted by Gasteiger charge is 2.05. The van der Waals surface area contributed by atoms with Gasteiger partial charge in [0.2, 0.25) is 0 Å². The molecule has 0 aliphatic heterocycles. The van der Waals surface area contributed by atoms with E-state index in [9.17, 15) is 4.79 Å². The quantitative estimate of drug-likeness (QED) is 0.768. The minimum absolute atomic E-state index is 0.120. The third-order valence-corrected chi connectivity index (χ3v) is 2.88. The second-order valence-corrected chi connectivity index (χ2v) is 4.53. The van der Waals surface area contributed by atoms with Gasteiger partial charge in [0.1, 0.15) is 5.82 Å². The summed E-state index contributed by atoms with van der Waals surface area (Å²) in [5.74, 6) is 0.585. The van der Waals surface area contributed by atoms with Crippen LogP contribution in [-0.4, -0.2) is 31.2 Å². The number of amides is 1. The van der Waals surface area contributed by atoms with Gasteiger partial charge in [0, 0.05) is 32.1 Å². The van der Waals surface area contributed by atoms with E-state index in [0.29, 0.717) is 24.5 Å². The van der Waals surface area contributed by atoms with E-state index in [4.69, 9.17) is 4.74 Å². The standard InChI is InChI=1S/C16H19N3O2/c1-21-11-5-10-17-16(20)13-8-9-15(18-12-13)19-14-6-3-2-4-7-14/h2-4,6-9,12H,5,10-11H2,1H3,(H,17,20)(H,18,19). The van der Waals surface area contributed by atoms with Gasteiger partial charge in [-0.2, -0.15) is 0 Å². The maximum absolute atomic E-state index is 11.9. The van der Waals surface area contributed by atoms with Crippen molar-refractivity contribution in [2.45, 2.75) is 6.42 Å². The number of aromatic nitrogens is 1. The Balaban J connectivity index is 1.88. The minimum atomic E-state index is -0.120. The van der Waals surface area contributed by atoms with Crippen LogP contribution in [-0.2, 0) is 4.74 Å². The van der Waals surface area contributed by atoms with E-state index in [0.717, 1.165) is 12.1 Å². The zero-order valence-corrected chi connectivity index (χ0v) is 12.0. The van der Waals surface area contributed by atoms with E-state index in [-0.39, 0.29) is 5.91 Å². The van der Waals surface area contributed by atoms with Crippen LogP contribution in [0, 0.1) is 0 Å². The molecule has 1 aromatic carbocycles. The first-order chi connectivity index (χ1) is 10.3. The van der Waals surface area contributed by atoms with Gasteiger partial charge >= 0.3 is 0 Å². The van der Waals surface area contributed by atoms with Gasteiger partial charge in [0.15, 0.2) is 0 Å². The fourth-order valence-electron chi connectivity index (χ4n) is 1.79. The van der Waals surface area contributed by atoms with Crippen molar-refractivity contribution >= 4 is 17.4 Å². The first-order valence-corrected chi connectivity index (χ1v) is 6.85. The average Bonchev–Trinajstić information content (AvgIpc) is 2.53. The predicted octanol–water partition coefficient (Wildman–Crippen LogP) is 2.59. The van der Waals surface area contributed by atoms with Crippen molar-refractivity contribution in [1.82, 2.24) is 10.3 Å². The number of anilines is 2. The van der Waals surface area contributed by atoms with Gasteiger partial charge < -0.3 is 15.4 Å². The van der Waals surface area contributed by atoms with Crippen LogP contribution in [0.5, 0.6) is 0 Å². The molecule has 1 heterocycles. The van der Waals surface area contributed by atoms with Crippen LogP contribution in [0.25, 0.3) is 0 Å². The number of pyridine rings is 1. The molecule has 0 saturated heterocycles. The summed E-state index contributed by atoms with van der Waals surface area (Å²) >= 11 is 0. The molecule has 0 unspecified atom stereocenters. The van der Waals surface area contributed by atoms with Gasteiger partial charge in [-0.1, -0.05) is 18.2 Å². The summed E-state index contributed by atoms with van der Waals surface area (Å²) in [5.41, 5.74) is 1.51. The fourth-order valence-corrected chi connectivity index (χ4v) is 1.79. The van der Waals surface area contributed by atoms with Gasteiger partial charge in [-0.15, -0.1) is 0 Å². The largest absolute Gasteiger partial charge is 0.385 e. The van der Waals surface area contributed by atoms with Gasteiger partial charge in [0.05, 0.1) is 5.56 Å². The molecule has 0 atom stereocenters. The van der Waals surface area contributed by atoms with Gasteiger partial charge in [-0.05, 0) is 30.7 Å². The molecule has 0 fully saturated rings. The van der Waals surface area contributed by atoms with Crippen LogP contribution in [0.15, 0.2) is 48.7 Å². The van der Waals surface area contributed by atoms with Crippen LogP contribution < -0.4 is 10.6 Å². The van der Waals surface area contributed by atoms with Crippen molar-refractivity contribution in [1.29, 1.82) is 0 Å². The molecule has 2 rings (SSSR count). The molecule has 1 amide bonds. The number of carbonyl (C=O) groups excluding carboxylic acids is 1. The van der Waals surface area contributed by atoms with Crippen molar-refractivity contribution in [2.75, 3.05) is 25.6 Å². The molecule has 1 aromatic heterocycles. The number of nitrogens with zero attached hydrogens (tertiary/aromatic N) is 1. The molecule has 110 valence electrons. The highest BCUT2D eigenvalue weighted by atomic mass is 16.5. The van der Waals surface area contributed by atoms with E-state index in [1.807, 2.05) is 30.3 Å². The van der Waals surface area contributed by atoms with Crippen molar-refractivity contribution in [3.63, 3.8) is 0 Å². The SMILES string of the molecule is COCCCNC(=O)c1ccc(Nc2ccccc2)nc1. The molecule has 21 heavy (non-hydrogen) atoms. The number of para-hydroxylation sites is 1. The van der Waals surface area contributed by atoms with Crippen LogP contribution in [0.2, 0.25) is 0 Å². The third-order valence-electron chi connectivity index (χ3n) is 2.88. The predicted molar refractivity (Wildman–Crippen MR) is 82.8 cm³/mol. The molecule has 5 heteroatoms. The Morgan fingerprint density at radius 2 is 2.00 bits per heavy atom. The van der Waals surface area contributed by atoms with Crippen molar-refractivity contribution in [2.24, 2.45) is 0 Å². The lowest BCUT2D eigenvalue weighted by Gasteiger charge is -2.07. The summed E-state index contributed by atoms with van der Waals surface area (Å²) in [4.78, 5) is 16.1. The monoisotopic (exact) mass is 285 g/mol. The first kappa shape index (κ1) is 15.0. The lowest BCUT2D eigenvalue weighted by molar-refractivity contribution is 0.0948. The molecular weight excluding hydrogens is 266 g/mol. The summed E-state index contributed by atoms with van der Waals surface area (Å²) in [6, 6.07) is 13.3. The Bertz CT molecular complexity index is 555. The molecule has 0 bridgehead atoms. The lowest BCUT2D eigenvalue weighted by Crippen LogP contribution is -2.25. The Hall–Kier alpha value is -2.40. The number of methoxy groups -OCH3 is 1. The van der Waals surface area contributed by atoms with Crippen LogP contribution in [0.4, 0.5) is 11.5 Å². The number of carbonyl (C=O) groups is 1. The number of ether oxygens (including phenoxy) is 1. The number of benzene rings is 1. The smallest absolute Gasteiger partial charge is 0.252 e. The van der Waals surface area contributed by atoms with E-state index in [1.54, 1.807) is 25.4 Å². The lowest BCUT2D eigenvalue weighted by atomic mass is 10.2. The van der Waals surface area contributed by atoms with Gasteiger partial charge in [-0.3, -0.25) is 4.79 Å². The number of hydrogen-bond donors (Lipinski definition) is 2. The van der Waals surface area contributed by atoms with Crippen molar-refractivity contribution in [3.05, 3.63) is 54.2 Å². The van der Waals surface area contributed by atoms with Crippen molar-refractivity contribution < 1.29 is 9.53 Å². The molecule has 0 spiro atoms. The molecule has 2 N–H and O–H groups in total. The third kappa shape index (κ3) is 4.89. The first-order valence-electron chi connectivity index (χ1n) is 6.85. The highest BCUT2D eigenvalue weighted by molar-refractivity contribution is 5.94. The summed E-state index contributed by atoms with van der Waals surface area (Å²) < 4.78 is 4.93. The molecule has 0 radical (unpaired) electrons.